The van der Waals surface area contributed by atoms with Crippen LogP contribution in [0.5, 0.6) is 0 Å². The number of benzene rings is 2. The van der Waals surface area contributed by atoms with Gasteiger partial charge in [-0.05, 0) is 49.7 Å². The fourth-order valence-corrected chi connectivity index (χ4v) is 5.10. The molecule has 0 spiro atoms. The van der Waals surface area contributed by atoms with Crippen molar-refractivity contribution >= 4 is 45.3 Å². The average molecular weight is 540 g/mol. The van der Waals surface area contributed by atoms with Crippen molar-refractivity contribution in [3.05, 3.63) is 75.4 Å². The molecule has 0 aromatic heterocycles. The van der Waals surface area contributed by atoms with E-state index in [0.717, 1.165) is 15.7 Å². The smallest absolute Gasteiger partial charge is 0.357 e. The zero-order valence-electron chi connectivity index (χ0n) is 19.9. The lowest BCUT2D eigenvalue weighted by Gasteiger charge is -2.37. The van der Waals surface area contributed by atoms with E-state index in [2.05, 4.69) is 20.9 Å². The van der Waals surface area contributed by atoms with Gasteiger partial charge in [0, 0.05) is 28.8 Å². The van der Waals surface area contributed by atoms with Gasteiger partial charge in [0.15, 0.2) is 5.70 Å². The lowest BCUT2D eigenvalue weighted by Crippen LogP contribution is -2.50. The number of esters is 2. The standard InChI is InChI=1S/C26H26BrN3O5/c1-5-29-18-10-8-7-9-17(18)19-22(29)20(25(32)34-3)21(26(33)35-4)28-23(19)30(6-2)24(31)15-11-13-16(27)14-12-15/h7-14,19,22H,5-6H2,1-4H3. The van der Waals surface area contributed by atoms with E-state index in [9.17, 15) is 14.4 Å². The van der Waals surface area contributed by atoms with E-state index in [1.165, 1.54) is 14.2 Å². The maximum absolute atomic E-state index is 13.6. The quantitative estimate of drug-likeness (QED) is 0.535. The van der Waals surface area contributed by atoms with Gasteiger partial charge >= 0.3 is 11.9 Å². The number of rotatable bonds is 5. The number of ether oxygens (including phenoxy) is 2. The molecule has 2 aromatic carbocycles. The minimum Gasteiger partial charge on any atom is -0.466 e. The Balaban J connectivity index is 1.97. The number of nitrogens with zero attached hydrogens (tertiary/aromatic N) is 3. The second-order valence-electron chi connectivity index (χ2n) is 8.04. The highest BCUT2D eigenvalue weighted by atomic mass is 79.9. The molecule has 0 saturated heterocycles. The molecule has 35 heavy (non-hydrogen) atoms. The summed E-state index contributed by atoms with van der Waals surface area (Å²) >= 11 is 3.40. The molecule has 0 radical (unpaired) electrons. The molecule has 2 aliphatic rings. The number of anilines is 1. The summed E-state index contributed by atoms with van der Waals surface area (Å²) in [4.78, 5) is 47.8. The summed E-state index contributed by atoms with van der Waals surface area (Å²) < 4.78 is 10.9. The number of fused-ring (bicyclic) bond motifs is 3. The Kier molecular flexibility index (Phi) is 7.07. The maximum Gasteiger partial charge on any atom is 0.357 e. The molecule has 0 aliphatic carbocycles. The summed E-state index contributed by atoms with van der Waals surface area (Å²) in [5, 5.41) is 0. The van der Waals surface area contributed by atoms with Crippen molar-refractivity contribution < 1.29 is 23.9 Å². The van der Waals surface area contributed by atoms with Gasteiger partial charge in [-0.3, -0.25) is 9.69 Å². The molecule has 0 saturated carbocycles. The Morgan fingerprint density at radius 3 is 2.26 bits per heavy atom. The molecule has 1 amide bonds. The largest absolute Gasteiger partial charge is 0.466 e. The molecular formula is C26H26BrN3O5. The number of carbonyl (C=O) groups excluding carboxylic acids is 3. The maximum atomic E-state index is 13.6. The molecule has 0 N–H and O–H groups in total. The van der Waals surface area contributed by atoms with E-state index in [4.69, 9.17) is 9.47 Å². The van der Waals surface area contributed by atoms with Crippen molar-refractivity contribution in [3.63, 3.8) is 0 Å². The summed E-state index contributed by atoms with van der Waals surface area (Å²) in [5.74, 6) is -1.75. The highest BCUT2D eigenvalue weighted by molar-refractivity contribution is 9.10. The number of aliphatic imine (C=N–C) groups is 1. The van der Waals surface area contributed by atoms with E-state index in [1.807, 2.05) is 43.0 Å². The Bertz CT molecular complexity index is 1240. The lowest BCUT2D eigenvalue weighted by atomic mass is 9.84. The Hall–Kier alpha value is -3.46. The summed E-state index contributed by atoms with van der Waals surface area (Å²) in [7, 11) is 2.50. The van der Waals surface area contributed by atoms with Gasteiger partial charge in [-0.2, -0.15) is 0 Å². The Morgan fingerprint density at radius 2 is 1.66 bits per heavy atom. The predicted molar refractivity (Wildman–Crippen MR) is 135 cm³/mol. The van der Waals surface area contributed by atoms with Gasteiger partial charge in [0.05, 0.1) is 31.8 Å². The normalized spacial score (nSPS) is 18.4. The summed E-state index contributed by atoms with van der Waals surface area (Å²) in [6, 6.07) is 14.2. The summed E-state index contributed by atoms with van der Waals surface area (Å²) in [5.41, 5.74) is 2.29. The van der Waals surface area contributed by atoms with E-state index in [0.29, 0.717) is 24.5 Å². The molecule has 8 nitrogen and oxygen atoms in total. The lowest BCUT2D eigenvalue weighted by molar-refractivity contribution is -0.139. The third-order valence-corrected chi connectivity index (χ3v) is 6.87. The Labute approximate surface area is 212 Å². The van der Waals surface area contributed by atoms with Gasteiger partial charge in [0.25, 0.3) is 5.91 Å². The van der Waals surface area contributed by atoms with Crippen molar-refractivity contribution in [3.8, 4) is 0 Å². The van der Waals surface area contributed by atoms with Crippen LogP contribution in [0.15, 0.2) is 69.3 Å². The number of para-hydroxylation sites is 1. The first-order valence-corrected chi connectivity index (χ1v) is 12.1. The van der Waals surface area contributed by atoms with Crippen LogP contribution in [0.4, 0.5) is 5.69 Å². The number of methoxy groups -OCH3 is 2. The van der Waals surface area contributed by atoms with Gasteiger partial charge in [-0.25, -0.2) is 14.6 Å². The van der Waals surface area contributed by atoms with Gasteiger partial charge in [0.2, 0.25) is 0 Å². The Morgan fingerprint density at radius 1 is 1.00 bits per heavy atom. The summed E-state index contributed by atoms with van der Waals surface area (Å²) in [6.07, 6.45) is 0. The highest BCUT2D eigenvalue weighted by Gasteiger charge is 2.51. The second-order valence-corrected chi connectivity index (χ2v) is 8.95. The van der Waals surface area contributed by atoms with Crippen LogP contribution in [-0.2, 0) is 19.1 Å². The summed E-state index contributed by atoms with van der Waals surface area (Å²) in [6.45, 7) is 4.70. The fourth-order valence-electron chi connectivity index (χ4n) is 4.83. The van der Waals surface area contributed by atoms with Crippen molar-refractivity contribution in [1.29, 1.82) is 0 Å². The van der Waals surface area contributed by atoms with Gasteiger partial charge < -0.3 is 14.4 Å². The molecule has 0 bridgehead atoms. The first-order chi connectivity index (χ1) is 16.9. The van der Waals surface area contributed by atoms with Crippen molar-refractivity contribution in [2.24, 2.45) is 4.99 Å². The van der Waals surface area contributed by atoms with Gasteiger partial charge in [0.1, 0.15) is 5.84 Å². The number of amides is 1. The van der Waals surface area contributed by atoms with E-state index >= 15 is 0 Å². The zero-order chi connectivity index (χ0) is 25.3. The van der Waals surface area contributed by atoms with Crippen LogP contribution in [0.2, 0.25) is 0 Å². The first-order valence-electron chi connectivity index (χ1n) is 11.3. The number of hydrogen-bond acceptors (Lipinski definition) is 7. The molecular weight excluding hydrogens is 514 g/mol. The molecule has 182 valence electrons. The van der Waals surface area contributed by atoms with Crippen LogP contribution in [0.25, 0.3) is 0 Å². The van der Waals surface area contributed by atoms with Crippen LogP contribution in [-0.4, -0.2) is 61.9 Å². The topological polar surface area (TPSA) is 88.5 Å². The monoisotopic (exact) mass is 539 g/mol. The third-order valence-electron chi connectivity index (χ3n) is 6.34. The fraction of sp³-hybridized carbons (Fsp3) is 0.308. The second kappa shape index (κ2) is 10.0. The molecule has 2 atom stereocenters. The zero-order valence-corrected chi connectivity index (χ0v) is 21.5. The number of likely N-dealkylation sites (N-methyl/N-ethyl adjacent to an activating group) is 2. The van der Waals surface area contributed by atoms with Gasteiger partial charge in [-0.1, -0.05) is 34.1 Å². The van der Waals surface area contributed by atoms with Crippen molar-refractivity contribution in [2.75, 3.05) is 32.2 Å². The molecule has 9 heteroatoms. The molecule has 2 unspecified atom stereocenters. The number of hydrogen-bond donors (Lipinski definition) is 0. The molecule has 2 heterocycles. The minimum atomic E-state index is -0.763. The minimum absolute atomic E-state index is 0.123. The molecule has 2 aliphatic heterocycles. The highest BCUT2D eigenvalue weighted by Crippen LogP contribution is 2.48. The first kappa shape index (κ1) is 24.7. The van der Waals surface area contributed by atoms with E-state index in [-0.39, 0.29) is 17.2 Å². The molecule has 2 aromatic rings. The number of halogens is 1. The average Bonchev–Trinajstić information content (AvgIpc) is 3.22. The molecule has 0 fully saturated rings. The predicted octanol–water partition coefficient (Wildman–Crippen LogP) is 3.92. The van der Waals surface area contributed by atoms with Gasteiger partial charge in [-0.15, -0.1) is 0 Å². The SMILES string of the molecule is CCN(C(=O)c1ccc(Br)cc1)C1=NC(C(=O)OC)=C(C(=O)OC)C2C1c1ccccc1N2CC. The van der Waals surface area contributed by atoms with Crippen LogP contribution in [0.1, 0.15) is 35.7 Å². The number of carbonyl (C=O) groups is 3. The van der Waals surface area contributed by atoms with E-state index < -0.39 is 23.9 Å². The number of amidine groups is 1. The van der Waals surface area contributed by atoms with Crippen LogP contribution < -0.4 is 4.90 Å². The van der Waals surface area contributed by atoms with E-state index in [1.54, 1.807) is 29.2 Å². The van der Waals surface area contributed by atoms with Crippen LogP contribution in [0.3, 0.4) is 0 Å². The van der Waals surface area contributed by atoms with Crippen molar-refractivity contribution in [2.45, 2.75) is 25.8 Å². The molecule has 4 rings (SSSR count). The van der Waals surface area contributed by atoms with Crippen LogP contribution in [0, 0.1) is 0 Å². The third kappa shape index (κ3) is 4.14. The van der Waals surface area contributed by atoms with Crippen molar-refractivity contribution in [1.82, 2.24) is 4.90 Å². The van der Waals surface area contributed by atoms with Crippen LogP contribution >= 0.6 is 15.9 Å².